The van der Waals surface area contributed by atoms with Crippen molar-refractivity contribution in [2.45, 2.75) is 19.9 Å². The van der Waals surface area contributed by atoms with Crippen molar-refractivity contribution in [3.63, 3.8) is 0 Å². The van der Waals surface area contributed by atoms with Crippen molar-refractivity contribution in [3.05, 3.63) is 58.1 Å². The highest BCUT2D eigenvalue weighted by Gasteiger charge is 2.11. The lowest BCUT2D eigenvalue weighted by atomic mass is 10.0. The van der Waals surface area contributed by atoms with E-state index in [0.717, 1.165) is 33.1 Å². The van der Waals surface area contributed by atoms with Crippen LogP contribution < -0.4 is 15.8 Å². The molecule has 0 amide bonds. The van der Waals surface area contributed by atoms with Crippen LogP contribution in [0, 0.1) is 13.8 Å². The number of halogens is 1. The van der Waals surface area contributed by atoms with E-state index in [4.69, 9.17) is 22.1 Å². The Labute approximate surface area is 131 Å². The standard InChI is InChI=1S/C17H21ClN2O/c1-11-4-6-14(9-15(11)18)20-16(10-19)13-5-7-17(21-3)12(2)8-13/h4-9,16,20H,10,19H2,1-3H3. The zero-order valence-corrected chi connectivity index (χ0v) is 13.4. The van der Waals surface area contributed by atoms with Crippen LogP contribution in [0.5, 0.6) is 5.75 Å². The lowest BCUT2D eigenvalue weighted by Gasteiger charge is -2.20. The summed E-state index contributed by atoms with van der Waals surface area (Å²) in [5, 5.41) is 4.18. The molecule has 2 aromatic carbocycles. The average Bonchev–Trinajstić information content (AvgIpc) is 2.48. The van der Waals surface area contributed by atoms with E-state index in [1.165, 1.54) is 0 Å². The van der Waals surface area contributed by atoms with Crippen LogP contribution in [0.25, 0.3) is 0 Å². The van der Waals surface area contributed by atoms with Crippen molar-refractivity contribution in [1.29, 1.82) is 0 Å². The van der Waals surface area contributed by atoms with Crippen LogP contribution in [0.2, 0.25) is 5.02 Å². The number of aryl methyl sites for hydroxylation is 2. The SMILES string of the molecule is COc1ccc(C(CN)Nc2ccc(C)c(Cl)c2)cc1C. The van der Waals surface area contributed by atoms with Crippen LogP contribution in [-0.4, -0.2) is 13.7 Å². The number of methoxy groups -OCH3 is 1. The number of hydrogen-bond donors (Lipinski definition) is 2. The van der Waals surface area contributed by atoms with Gasteiger partial charge in [-0.15, -0.1) is 0 Å². The Kier molecular flexibility index (Phi) is 5.10. The van der Waals surface area contributed by atoms with E-state index in [1.54, 1.807) is 7.11 Å². The molecule has 0 bridgehead atoms. The molecule has 0 heterocycles. The van der Waals surface area contributed by atoms with Crippen LogP contribution in [-0.2, 0) is 0 Å². The molecular weight excluding hydrogens is 284 g/mol. The van der Waals surface area contributed by atoms with Crippen LogP contribution in [0.3, 0.4) is 0 Å². The highest BCUT2D eigenvalue weighted by molar-refractivity contribution is 6.31. The summed E-state index contributed by atoms with van der Waals surface area (Å²) >= 11 is 6.16. The smallest absolute Gasteiger partial charge is 0.121 e. The molecule has 0 radical (unpaired) electrons. The van der Waals surface area contributed by atoms with Crippen LogP contribution in [0.4, 0.5) is 5.69 Å². The summed E-state index contributed by atoms with van der Waals surface area (Å²) in [6.07, 6.45) is 0. The molecule has 0 saturated carbocycles. The molecule has 4 heteroatoms. The molecule has 2 aromatic rings. The summed E-state index contributed by atoms with van der Waals surface area (Å²) in [4.78, 5) is 0. The minimum absolute atomic E-state index is 0.0355. The largest absolute Gasteiger partial charge is 0.496 e. The van der Waals surface area contributed by atoms with Gasteiger partial charge in [0.25, 0.3) is 0 Å². The lowest BCUT2D eigenvalue weighted by molar-refractivity contribution is 0.411. The summed E-state index contributed by atoms with van der Waals surface area (Å²) < 4.78 is 5.29. The molecule has 1 atom stereocenters. The van der Waals surface area contributed by atoms with Crippen molar-refractivity contribution >= 4 is 17.3 Å². The Morgan fingerprint density at radius 2 is 1.90 bits per heavy atom. The lowest BCUT2D eigenvalue weighted by Crippen LogP contribution is -2.20. The summed E-state index contributed by atoms with van der Waals surface area (Å²) in [7, 11) is 1.68. The first kappa shape index (κ1) is 15.7. The predicted molar refractivity (Wildman–Crippen MR) is 89.3 cm³/mol. The number of benzene rings is 2. The zero-order valence-electron chi connectivity index (χ0n) is 12.6. The fourth-order valence-electron chi connectivity index (χ4n) is 2.28. The monoisotopic (exact) mass is 304 g/mol. The summed E-state index contributed by atoms with van der Waals surface area (Å²) in [6, 6.07) is 12.1. The van der Waals surface area contributed by atoms with Gasteiger partial charge in [0.15, 0.2) is 0 Å². The molecule has 0 fully saturated rings. The fraction of sp³-hybridized carbons (Fsp3) is 0.294. The van der Waals surface area contributed by atoms with Crippen LogP contribution >= 0.6 is 11.6 Å². The third-order valence-corrected chi connectivity index (χ3v) is 3.98. The number of nitrogens with one attached hydrogen (secondary N) is 1. The molecule has 0 aliphatic carbocycles. The maximum Gasteiger partial charge on any atom is 0.121 e. The number of rotatable bonds is 5. The van der Waals surface area contributed by atoms with E-state index in [2.05, 4.69) is 11.4 Å². The molecule has 0 aromatic heterocycles. The normalized spacial score (nSPS) is 12.0. The van der Waals surface area contributed by atoms with Gasteiger partial charge in [0.1, 0.15) is 5.75 Å². The van der Waals surface area contributed by atoms with Gasteiger partial charge < -0.3 is 15.8 Å². The fourth-order valence-corrected chi connectivity index (χ4v) is 2.46. The van der Waals surface area contributed by atoms with E-state index in [-0.39, 0.29) is 6.04 Å². The van der Waals surface area contributed by atoms with E-state index in [0.29, 0.717) is 6.54 Å². The van der Waals surface area contributed by atoms with Crippen molar-refractivity contribution < 1.29 is 4.74 Å². The molecule has 0 saturated heterocycles. The third-order valence-electron chi connectivity index (χ3n) is 3.57. The first-order valence-corrected chi connectivity index (χ1v) is 7.30. The second kappa shape index (κ2) is 6.83. The van der Waals surface area contributed by atoms with Crippen LogP contribution in [0.1, 0.15) is 22.7 Å². The molecule has 0 aliphatic heterocycles. The van der Waals surface area contributed by atoms with Crippen molar-refractivity contribution in [1.82, 2.24) is 0 Å². The number of hydrogen-bond acceptors (Lipinski definition) is 3. The quantitative estimate of drug-likeness (QED) is 0.875. The van der Waals surface area contributed by atoms with Gasteiger partial charge >= 0.3 is 0 Å². The predicted octanol–water partition coefficient (Wildman–Crippen LogP) is 4.08. The van der Waals surface area contributed by atoms with E-state index >= 15 is 0 Å². The van der Waals surface area contributed by atoms with Gasteiger partial charge in [0.05, 0.1) is 13.2 Å². The van der Waals surface area contributed by atoms with Crippen molar-refractivity contribution in [3.8, 4) is 5.75 Å². The second-order valence-corrected chi connectivity index (χ2v) is 5.53. The first-order chi connectivity index (χ1) is 10.0. The van der Waals surface area contributed by atoms with E-state index < -0.39 is 0 Å². The Balaban J connectivity index is 2.23. The zero-order chi connectivity index (χ0) is 15.4. The molecule has 0 spiro atoms. The second-order valence-electron chi connectivity index (χ2n) is 5.13. The van der Waals surface area contributed by atoms with Crippen molar-refractivity contribution in [2.24, 2.45) is 5.73 Å². The highest BCUT2D eigenvalue weighted by Crippen LogP contribution is 2.26. The molecule has 21 heavy (non-hydrogen) atoms. The van der Waals surface area contributed by atoms with Crippen LogP contribution in [0.15, 0.2) is 36.4 Å². The van der Waals surface area contributed by atoms with Gasteiger partial charge in [-0.05, 0) is 48.7 Å². The van der Waals surface area contributed by atoms with Gasteiger partial charge in [0.2, 0.25) is 0 Å². The van der Waals surface area contributed by atoms with Crippen molar-refractivity contribution in [2.75, 3.05) is 19.0 Å². The summed E-state index contributed by atoms with van der Waals surface area (Å²) in [5.74, 6) is 0.882. The van der Waals surface area contributed by atoms with Gasteiger partial charge in [-0.2, -0.15) is 0 Å². The Bertz CT molecular complexity index is 628. The summed E-state index contributed by atoms with van der Waals surface area (Å²) in [6.45, 7) is 4.51. The minimum atomic E-state index is 0.0355. The maximum atomic E-state index is 6.16. The van der Waals surface area contributed by atoms with Gasteiger partial charge in [-0.3, -0.25) is 0 Å². The molecule has 1 unspecified atom stereocenters. The van der Waals surface area contributed by atoms with E-state index in [1.807, 2.05) is 44.2 Å². The number of ether oxygens (including phenoxy) is 1. The Morgan fingerprint density at radius 1 is 1.14 bits per heavy atom. The molecule has 112 valence electrons. The molecule has 3 nitrogen and oxygen atoms in total. The van der Waals surface area contributed by atoms with Gasteiger partial charge in [0, 0.05) is 17.3 Å². The molecule has 0 aliphatic rings. The maximum absolute atomic E-state index is 6.16. The molecular formula is C17H21ClN2O. The molecule has 2 rings (SSSR count). The Morgan fingerprint density at radius 3 is 2.48 bits per heavy atom. The topological polar surface area (TPSA) is 47.3 Å². The third kappa shape index (κ3) is 3.69. The average molecular weight is 305 g/mol. The highest BCUT2D eigenvalue weighted by atomic mass is 35.5. The summed E-state index contributed by atoms with van der Waals surface area (Å²) in [5.41, 5.74) is 10.2. The number of nitrogens with two attached hydrogens (primary N) is 1. The minimum Gasteiger partial charge on any atom is -0.496 e. The Hall–Kier alpha value is -1.71. The van der Waals surface area contributed by atoms with Gasteiger partial charge in [-0.25, -0.2) is 0 Å². The van der Waals surface area contributed by atoms with E-state index in [9.17, 15) is 0 Å². The van der Waals surface area contributed by atoms with Gasteiger partial charge in [-0.1, -0.05) is 29.8 Å². The first-order valence-electron chi connectivity index (χ1n) is 6.92. The molecule has 3 N–H and O–H groups in total. The number of anilines is 1.